The molecule has 0 aliphatic carbocycles. The minimum Gasteiger partial charge on any atom is -0.395 e. The zero-order valence-electron chi connectivity index (χ0n) is 12.2. The second-order valence-electron chi connectivity index (χ2n) is 5.44. The number of piperidine rings is 1. The van der Waals surface area contributed by atoms with Gasteiger partial charge in [0.2, 0.25) is 0 Å². The first-order valence-electron chi connectivity index (χ1n) is 7.29. The Morgan fingerprint density at radius 3 is 2.71 bits per heavy atom. The van der Waals surface area contributed by atoms with Crippen LogP contribution in [0.3, 0.4) is 0 Å². The Hall–Kier alpha value is -1.83. The van der Waals surface area contributed by atoms with Gasteiger partial charge in [0, 0.05) is 30.6 Å². The van der Waals surface area contributed by atoms with Crippen molar-refractivity contribution in [1.82, 2.24) is 4.90 Å². The molecule has 1 saturated heterocycles. The van der Waals surface area contributed by atoms with Gasteiger partial charge in [-0.25, -0.2) is 0 Å². The normalized spacial score (nSPS) is 21.6. The minimum atomic E-state index is -0.439. The smallest absolute Gasteiger partial charge is 0.253 e. The summed E-state index contributed by atoms with van der Waals surface area (Å²) in [5.74, 6) is 5.98. The minimum absolute atomic E-state index is 0.0455. The first-order chi connectivity index (χ1) is 10.1. The fourth-order valence-corrected chi connectivity index (χ4v) is 2.33. The van der Waals surface area contributed by atoms with Crippen molar-refractivity contribution in [3.8, 4) is 11.8 Å². The molecule has 2 atom stereocenters. The highest BCUT2D eigenvalue weighted by molar-refractivity contribution is 5.94. The van der Waals surface area contributed by atoms with Crippen LogP contribution in [0, 0.1) is 17.8 Å². The Balaban J connectivity index is 2.02. The van der Waals surface area contributed by atoms with Gasteiger partial charge in [-0.05, 0) is 36.6 Å². The molecule has 1 aromatic rings. The molecule has 21 heavy (non-hydrogen) atoms. The number of rotatable bonds is 2. The molecule has 1 aliphatic heterocycles. The van der Waals surface area contributed by atoms with E-state index in [1.165, 1.54) is 0 Å². The molecular weight excluding hydrogens is 266 g/mol. The molecule has 1 heterocycles. The Morgan fingerprint density at radius 1 is 1.38 bits per heavy atom. The highest BCUT2D eigenvalue weighted by atomic mass is 16.3. The molecule has 0 bridgehead atoms. The maximum absolute atomic E-state index is 12.4. The van der Waals surface area contributed by atoms with E-state index in [0.29, 0.717) is 25.1 Å². The molecule has 0 saturated carbocycles. The lowest BCUT2D eigenvalue weighted by Crippen LogP contribution is -2.45. The summed E-state index contributed by atoms with van der Waals surface area (Å²) < 4.78 is 0. The zero-order valence-corrected chi connectivity index (χ0v) is 12.2. The molecule has 2 rings (SSSR count). The van der Waals surface area contributed by atoms with Crippen LogP contribution < -0.4 is 0 Å². The summed E-state index contributed by atoms with van der Waals surface area (Å²) in [6.45, 7) is 3.15. The predicted molar refractivity (Wildman–Crippen MR) is 80.7 cm³/mol. The van der Waals surface area contributed by atoms with E-state index in [4.69, 9.17) is 5.11 Å². The van der Waals surface area contributed by atoms with Gasteiger partial charge < -0.3 is 15.1 Å². The summed E-state index contributed by atoms with van der Waals surface area (Å²) in [6.07, 6.45) is 0.841. The number of likely N-dealkylation sites (tertiary alicyclic amines) is 1. The molecule has 0 spiro atoms. The maximum Gasteiger partial charge on any atom is 0.253 e. The van der Waals surface area contributed by atoms with E-state index in [-0.39, 0.29) is 18.4 Å². The molecule has 0 radical (unpaired) electrons. The second kappa shape index (κ2) is 7.26. The second-order valence-corrected chi connectivity index (χ2v) is 5.44. The molecule has 4 nitrogen and oxygen atoms in total. The van der Waals surface area contributed by atoms with Crippen LogP contribution in [0.1, 0.15) is 35.7 Å². The topological polar surface area (TPSA) is 60.8 Å². The van der Waals surface area contributed by atoms with Crippen molar-refractivity contribution < 1.29 is 15.0 Å². The number of hydrogen-bond acceptors (Lipinski definition) is 3. The monoisotopic (exact) mass is 287 g/mol. The van der Waals surface area contributed by atoms with Gasteiger partial charge in [0.15, 0.2) is 0 Å². The number of aliphatic hydroxyl groups is 2. The molecular formula is C17H21NO3. The Kier molecular flexibility index (Phi) is 5.38. The van der Waals surface area contributed by atoms with Crippen LogP contribution >= 0.6 is 0 Å². The van der Waals surface area contributed by atoms with Crippen molar-refractivity contribution in [2.75, 3.05) is 19.7 Å². The summed E-state index contributed by atoms with van der Waals surface area (Å²) >= 11 is 0. The van der Waals surface area contributed by atoms with Crippen molar-refractivity contribution in [3.05, 3.63) is 35.4 Å². The largest absolute Gasteiger partial charge is 0.395 e. The third-order valence-electron chi connectivity index (χ3n) is 3.81. The molecule has 4 heteroatoms. The van der Waals surface area contributed by atoms with Gasteiger partial charge >= 0.3 is 0 Å². The van der Waals surface area contributed by atoms with Crippen LogP contribution in [0.25, 0.3) is 0 Å². The summed E-state index contributed by atoms with van der Waals surface area (Å²) in [6, 6.07) is 7.13. The van der Waals surface area contributed by atoms with Crippen LogP contribution in [0.5, 0.6) is 0 Å². The number of carbonyl (C=O) groups excluding carboxylic acids is 1. The van der Waals surface area contributed by atoms with E-state index in [1.807, 2.05) is 6.92 Å². The Morgan fingerprint density at radius 2 is 2.10 bits per heavy atom. The van der Waals surface area contributed by atoms with Crippen LogP contribution in [-0.4, -0.2) is 46.8 Å². The number of amides is 1. The zero-order chi connectivity index (χ0) is 15.2. The van der Waals surface area contributed by atoms with Crippen molar-refractivity contribution in [3.63, 3.8) is 0 Å². The first-order valence-corrected chi connectivity index (χ1v) is 7.29. The van der Waals surface area contributed by atoms with E-state index in [9.17, 15) is 9.90 Å². The average Bonchev–Trinajstić information content (AvgIpc) is 2.50. The van der Waals surface area contributed by atoms with Crippen molar-refractivity contribution in [2.24, 2.45) is 5.92 Å². The fraction of sp³-hybridized carbons (Fsp3) is 0.471. The SMILES string of the molecule is CC1CCN(C(=O)c2ccc(C#CCCO)cc2)CC1O. The molecule has 1 amide bonds. The van der Waals surface area contributed by atoms with Gasteiger partial charge in [0.05, 0.1) is 12.7 Å². The van der Waals surface area contributed by atoms with Gasteiger partial charge in [-0.15, -0.1) is 0 Å². The highest BCUT2D eigenvalue weighted by Gasteiger charge is 2.27. The summed E-state index contributed by atoms with van der Waals surface area (Å²) in [4.78, 5) is 14.1. The van der Waals surface area contributed by atoms with Gasteiger partial charge in [0.25, 0.3) is 5.91 Å². The maximum atomic E-state index is 12.4. The molecule has 2 unspecified atom stereocenters. The van der Waals surface area contributed by atoms with Crippen molar-refractivity contribution in [2.45, 2.75) is 25.9 Å². The lowest BCUT2D eigenvalue weighted by Gasteiger charge is -2.34. The number of aliphatic hydroxyl groups excluding tert-OH is 2. The molecule has 1 aliphatic rings. The third kappa shape index (κ3) is 4.07. The summed E-state index contributed by atoms with van der Waals surface area (Å²) in [5, 5.41) is 18.5. The van der Waals surface area contributed by atoms with Gasteiger partial charge in [-0.1, -0.05) is 18.8 Å². The van der Waals surface area contributed by atoms with E-state index in [2.05, 4.69) is 11.8 Å². The molecule has 2 N–H and O–H groups in total. The number of β-amino-alcohol motifs (C(OH)–C–C–N with tert-alkyl or cyclic N) is 1. The molecule has 0 aromatic heterocycles. The predicted octanol–water partition coefficient (Wildman–Crippen LogP) is 1.26. The van der Waals surface area contributed by atoms with E-state index < -0.39 is 6.10 Å². The average molecular weight is 287 g/mol. The number of carbonyl (C=O) groups is 1. The number of benzene rings is 1. The van der Waals surface area contributed by atoms with Crippen molar-refractivity contribution in [1.29, 1.82) is 0 Å². The van der Waals surface area contributed by atoms with E-state index in [1.54, 1.807) is 29.2 Å². The van der Waals surface area contributed by atoms with Crippen molar-refractivity contribution >= 4 is 5.91 Å². The fourth-order valence-electron chi connectivity index (χ4n) is 2.33. The molecule has 112 valence electrons. The number of hydrogen-bond donors (Lipinski definition) is 2. The van der Waals surface area contributed by atoms with Gasteiger partial charge in [-0.3, -0.25) is 4.79 Å². The van der Waals surface area contributed by atoms with Crippen LogP contribution in [0.2, 0.25) is 0 Å². The van der Waals surface area contributed by atoms with Gasteiger partial charge in [0.1, 0.15) is 0 Å². The third-order valence-corrected chi connectivity index (χ3v) is 3.81. The van der Waals surface area contributed by atoms with Crippen LogP contribution in [0.4, 0.5) is 0 Å². The highest BCUT2D eigenvalue weighted by Crippen LogP contribution is 2.19. The Labute approximate surface area is 125 Å². The lowest BCUT2D eigenvalue weighted by atomic mass is 9.95. The molecule has 1 fully saturated rings. The number of nitrogens with zero attached hydrogens (tertiary/aromatic N) is 1. The first kappa shape index (κ1) is 15.6. The molecule has 1 aromatic carbocycles. The van der Waals surface area contributed by atoms with Gasteiger partial charge in [-0.2, -0.15) is 0 Å². The van der Waals surface area contributed by atoms with E-state index >= 15 is 0 Å². The summed E-state index contributed by atoms with van der Waals surface area (Å²) in [5.41, 5.74) is 1.44. The summed E-state index contributed by atoms with van der Waals surface area (Å²) in [7, 11) is 0. The quantitative estimate of drug-likeness (QED) is 0.805. The lowest BCUT2D eigenvalue weighted by molar-refractivity contribution is 0.0248. The van der Waals surface area contributed by atoms with E-state index in [0.717, 1.165) is 12.0 Å². The Bertz CT molecular complexity index is 541. The van der Waals surface area contributed by atoms with Crippen LogP contribution in [-0.2, 0) is 0 Å². The van der Waals surface area contributed by atoms with Crippen LogP contribution in [0.15, 0.2) is 24.3 Å². The standard InChI is InChI=1S/C17H21NO3/c1-13-9-10-18(12-16(13)20)17(21)15-7-5-14(6-8-15)4-2-3-11-19/h5-8,13,16,19-20H,3,9-12H2,1H3.